The molecule has 20 heavy (non-hydrogen) atoms. The number of carbonyl (C=O) groups is 1. The van der Waals surface area contributed by atoms with Crippen LogP contribution < -0.4 is 0 Å². The number of ether oxygens (including phenoxy) is 1. The van der Waals surface area contributed by atoms with Crippen molar-refractivity contribution >= 4 is 5.97 Å². The van der Waals surface area contributed by atoms with Crippen molar-refractivity contribution in [2.24, 2.45) is 0 Å². The van der Waals surface area contributed by atoms with Gasteiger partial charge in [-0.2, -0.15) is 13.2 Å². The second kappa shape index (κ2) is 6.69. The lowest BCUT2D eigenvalue weighted by molar-refractivity contribution is -0.144. The number of rotatable bonds is 5. The van der Waals surface area contributed by atoms with Crippen LogP contribution in [0.15, 0.2) is 18.2 Å². The van der Waals surface area contributed by atoms with Crippen LogP contribution in [0.1, 0.15) is 37.0 Å². The number of halogens is 4. The monoisotopic (exact) mass is 294 g/mol. The molecule has 0 aliphatic heterocycles. The third-order valence-electron chi connectivity index (χ3n) is 2.61. The van der Waals surface area contributed by atoms with Gasteiger partial charge in [-0.3, -0.25) is 4.79 Å². The standard InChI is InChI=1S/C13H14F4O3/c1-2-20-12(19)6-5-11(18)8-3-4-10(14)9(7-8)13(15,16)17/h3-4,7,11,18H,2,5-6H2,1H3. The van der Waals surface area contributed by atoms with Crippen molar-refractivity contribution in [1.29, 1.82) is 0 Å². The predicted molar refractivity (Wildman–Crippen MR) is 62.2 cm³/mol. The Bertz CT molecular complexity index is 471. The van der Waals surface area contributed by atoms with Crippen LogP contribution in [0, 0.1) is 5.82 Å². The molecule has 0 spiro atoms. The first-order chi connectivity index (χ1) is 9.25. The van der Waals surface area contributed by atoms with E-state index in [1.165, 1.54) is 0 Å². The summed E-state index contributed by atoms with van der Waals surface area (Å²) in [5.41, 5.74) is -1.53. The van der Waals surface area contributed by atoms with Crippen LogP contribution in [0.25, 0.3) is 0 Å². The first-order valence-corrected chi connectivity index (χ1v) is 5.96. The molecule has 0 amide bonds. The summed E-state index contributed by atoms with van der Waals surface area (Å²) in [7, 11) is 0. The molecule has 3 nitrogen and oxygen atoms in total. The van der Waals surface area contributed by atoms with E-state index in [4.69, 9.17) is 0 Å². The minimum Gasteiger partial charge on any atom is -0.466 e. The third kappa shape index (κ3) is 4.48. The molecular weight excluding hydrogens is 280 g/mol. The zero-order valence-electron chi connectivity index (χ0n) is 10.7. The van der Waals surface area contributed by atoms with Gasteiger partial charge < -0.3 is 9.84 Å². The SMILES string of the molecule is CCOC(=O)CCC(O)c1ccc(F)c(C(F)(F)F)c1. The van der Waals surface area contributed by atoms with Gasteiger partial charge in [0.2, 0.25) is 0 Å². The van der Waals surface area contributed by atoms with Crippen molar-refractivity contribution in [1.82, 2.24) is 0 Å². The lowest BCUT2D eigenvalue weighted by atomic mass is 10.0. The van der Waals surface area contributed by atoms with Gasteiger partial charge in [-0.05, 0) is 31.0 Å². The second-order valence-electron chi connectivity index (χ2n) is 4.10. The fourth-order valence-electron chi connectivity index (χ4n) is 1.62. The normalized spacial score (nSPS) is 13.1. The largest absolute Gasteiger partial charge is 0.466 e. The summed E-state index contributed by atoms with van der Waals surface area (Å²) in [6.07, 6.45) is -6.35. The number of hydrogen-bond donors (Lipinski definition) is 1. The molecule has 0 heterocycles. The maximum atomic E-state index is 13.1. The average molecular weight is 294 g/mol. The van der Waals surface area contributed by atoms with Gasteiger partial charge in [-0.15, -0.1) is 0 Å². The fourth-order valence-corrected chi connectivity index (χ4v) is 1.62. The molecular formula is C13H14F4O3. The number of carbonyl (C=O) groups excluding carboxylic acids is 1. The van der Waals surface area contributed by atoms with Gasteiger partial charge in [-0.25, -0.2) is 4.39 Å². The predicted octanol–water partition coefficient (Wildman–Crippen LogP) is 3.22. The third-order valence-corrected chi connectivity index (χ3v) is 2.61. The van der Waals surface area contributed by atoms with E-state index in [2.05, 4.69) is 4.74 Å². The van der Waals surface area contributed by atoms with Gasteiger partial charge in [0, 0.05) is 6.42 Å². The van der Waals surface area contributed by atoms with Crippen molar-refractivity contribution in [3.8, 4) is 0 Å². The smallest absolute Gasteiger partial charge is 0.419 e. The van der Waals surface area contributed by atoms with Gasteiger partial charge >= 0.3 is 12.1 Å². The first kappa shape index (κ1) is 16.4. The first-order valence-electron chi connectivity index (χ1n) is 5.96. The van der Waals surface area contributed by atoms with Gasteiger partial charge in [0.1, 0.15) is 5.82 Å². The summed E-state index contributed by atoms with van der Waals surface area (Å²) in [5, 5.41) is 9.72. The number of esters is 1. The highest BCUT2D eigenvalue weighted by Crippen LogP contribution is 2.33. The van der Waals surface area contributed by atoms with E-state index >= 15 is 0 Å². The number of hydrogen-bond acceptors (Lipinski definition) is 3. The van der Waals surface area contributed by atoms with E-state index in [-0.39, 0.29) is 25.0 Å². The molecule has 0 aliphatic carbocycles. The number of benzene rings is 1. The Morgan fingerprint density at radius 3 is 2.60 bits per heavy atom. The molecule has 0 radical (unpaired) electrons. The summed E-state index contributed by atoms with van der Waals surface area (Å²) in [6, 6.07) is 2.25. The lowest BCUT2D eigenvalue weighted by Crippen LogP contribution is -2.11. The highest BCUT2D eigenvalue weighted by Gasteiger charge is 2.34. The van der Waals surface area contributed by atoms with Crippen LogP contribution in [0.4, 0.5) is 17.6 Å². The molecule has 1 N–H and O–H groups in total. The molecule has 1 unspecified atom stereocenters. The zero-order valence-corrected chi connectivity index (χ0v) is 10.7. The van der Waals surface area contributed by atoms with Gasteiger partial charge in [0.05, 0.1) is 18.3 Å². The molecule has 1 rings (SSSR count). The summed E-state index contributed by atoms with van der Waals surface area (Å²) in [4.78, 5) is 11.1. The Balaban J connectivity index is 2.79. The summed E-state index contributed by atoms with van der Waals surface area (Å²) in [5.74, 6) is -1.96. The van der Waals surface area contributed by atoms with Crippen LogP contribution in [0.2, 0.25) is 0 Å². The highest BCUT2D eigenvalue weighted by atomic mass is 19.4. The van der Waals surface area contributed by atoms with Gasteiger partial charge in [0.15, 0.2) is 0 Å². The van der Waals surface area contributed by atoms with E-state index in [0.717, 1.165) is 6.07 Å². The van der Waals surface area contributed by atoms with Crippen molar-refractivity contribution < 1.29 is 32.2 Å². The summed E-state index contributed by atoms with van der Waals surface area (Å²) in [6.45, 7) is 1.80. The summed E-state index contributed by atoms with van der Waals surface area (Å²) < 4.78 is 55.2. The lowest BCUT2D eigenvalue weighted by Gasteiger charge is -2.14. The zero-order chi connectivity index (χ0) is 15.3. The Morgan fingerprint density at radius 1 is 1.40 bits per heavy atom. The Kier molecular flexibility index (Phi) is 5.50. The van der Waals surface area contributed by atoms with E-state index in [9.17, 15) is 27.5 Å². The van der Waals surface area contributed by atoms with Crippen molar-refractivity contribution in [3.05, 3.63) is 35.1 Å². The second-order valence-corrected chi connectivity index (χ2v) is 4.10. The molecule has 112 valence electrons. The van der Waals surface area contributed by atoms with Gasteiger partial charge in [-0.1, -0.05) is 6.07 Å². The maximum absolute atomic E-state index is 13.1. The molecule has 0 bridgehead atoms. The summed E-state index contributed by atoms with van der Waals surface area (Å²) >= 11 is 0. The van der Waals surface area contributed by atoms with Crippen LogP contribution in [0.3, 0.4) is 0 Å². The Labute approximate surface area is 113 Å². The number of aliphatic hydroxyl groups excluding tert-OH is 1. The average Bonchev–Trinajstić information content (AvgIpc) is 2.35. The topological polar surface area (TPSA) is 46.5 Å². The fraction of sp³-hybridized carbons (Fsp3) is 0.462. The van der Waals surface area contributed by atoms with Crippen molar-refractivity contribution in [3.63, 3.8) is 0 Å². The molecule has 1 aromatic carbocycles. The van der Waals surface area contributed by atoms with E-state index in [0.29, 0.717) is 12.1 Å². The van der Waals surface area contributed by atoms with Crippen LogP contribution in [-0.4, -0.2) is 17.7 Å². The van der Waals surface area contributed by atoms with Gasteiger partial charge in [0.25, 0.3) is 0 Å². The molecule has 7 heteroatoms. The molecule has 0 aliphatic rings. The molecule has 0 fully saturated rings. The molecule has 0 aromatic heterocycles. The molecule has 0 saturated carbocycles. The van der Waals surface area contributed by atoms with Crippen LogP contribution >= 0.6 is 0 Å². The van der Waals surface area contributed by atoms with E-state index in [1.54, 1.807) is 6.92 Å². The van der Waals surface area contributed by atoms with E-state index < -0.39 is 29.6 Å². The Morgan fingerprint density at radius 2 is 2.05 bits per heavy atom. The number of alkyl halides is 3. The van der Waals surface area contributed by atoms with Crippen LogP contribution in [0.5, 0.6) is 0 Å². The number of aliphatic hydroxyl groups is 1. The molecule has 0 saturated heterocycles. The Hall–Kier alpha value is -1.63. The quantitative estimate of drug-likeness (QED) is 0.670. The van der Waals surface area contributed by atoms with E-state index in [1.807, 2.05) is 0 Å². The minimum atomic E-state index is -4.83. The minimum absolute atomic E-state index is 0.0944. The molecule has 1 aromatic rings. The van der Waals surface area contributed by atoms with Crippen molar-refractivity contribution in [2.45, 2.75) is 32.0 Å². The highest BCUT2D eigenvalue weighted by molar-refractivity contribution is 5.69. The van der Waals surface area contributed by atoms with Crippen molar-refractivity contribution in [2.75, 3.05) is 6.61 Å². The maximum Gasteiger partial charge on any atom is 0.419 e. The van der Waals surface area contributed by atoms with Crippen LogP contribution in [-0.2, 0) is 15.7 Å². The molecule has 1 atom stereocenters.